The molecule has 0 radical (unpaired) electrons. The second-order valence-corrected chi connectivity index (χ2v) is 10.7. The molecule has 3 heteroatoms. The highest BCUT2D eigenvalue weighted by atomic mass is 16.1. The molecule has 0 aromatic heterocycles. The van der Waals surface area contributed by atoms with Crippen molar-refractivity contribution in [2.45, 2.75) is 111 Å². The Hall–Kier alpha value is -1.35. The summed E-state index contributed by atoms with van der Waals surface area (Å²) in [5.74, 6) is 0.839. The summed E-state index contributed by atoms with van der Waals surface area (Å²) in [7, 11) is 0. The minimum absolute atomic E-state index is 0.0740. The van der Waals surface area contributed by atoms with Crippen LogP contribution in [0.4, 0.5) is 0 Å². The van der Waals surface area contributed by atoms with Gasteiger partial charge in [0.2, 0.25) is 5.91 Å². The van der Waals surface area contributed by atoms with Crippen LogP contribution in [0, 0.1) is 11.8 Å². The first-order valence-corrected chi connectivity index (χ1v) is 12.8. The Kier molecular flexibility index (Phi) is 13.8. The number of benzene rings is 1. The van der Waals surface area contributed by atoms with Crippen LogP contribution in [0.1, 0.15) is 104 Å². The molecule has 1 atom stereocenters. The van der Waals surface area contributed by atoms with E-state index in [4.69, 9.17) is 0 Å². The van der Waals surface area contributed by atoms with Crippen molar-refractivity contribution in [3.63, 3.8) is 0 Å². The van der Waals surface area contributed by atoms with E-state index in [1.165, 1.54) is 49.7 Å². The van der Waals surface area contributed by atoms with Gasteiger partial charge in [-0.25, -0.2) is 0 Å². The molecular formula is C28H50N2O. The van der Waals surface area contributed by atoms with Gasteiger partial charge in [-0.1, -0.05) is 70.7 Å². The average molecular weight is 431 g/mol. The number of carbonyl (C=O) groups excluding carboxylic acids is 1. The van der Waals surface area contributed by atoms with Gasteiger partial charge in [-0.15, -0.1) is 0 Å². The fourth-order valence-corrected chi connectivity index (χ4v) is 3.98. The maximum atomic E-state index is 12.8. The molecule has 2 N–H and O–H groups in total. The van der Waals surface area contributed by atoms with E-state index in [0.717, 1.165) is 38.8 Å². The Morgan fingerprint density at radius 2 is 1.48 bits per heavy atom. The summed E-state index contributed by atoms with van der Waals surface area (Å²) in [5, 5.41) is 6.76. The molecule has 0 aliphatic heterocycles. The van der Waals surface area contributed by atoms with E-state index < -0.39 is 0 Å². The maximum Gasteiger partial charge on any atom is 0.223 e. The van der Waals surface area contributed by atoms with E-state index in [9.17, 15) is 4.79 Å². The zero-order chi connectivity index (χ0) is 23.1. The molecule has 0 heterocycles. The lowest BCUT2D eigenvalue weighted by molar-refractivity contribution is -0.125. The van der Waals surface area contributed by atoms with Crippen LogP contribution in [0.5, 0.6) is 0 Å². The van der Waals surface area contributed by atoms with Crippen LogP contribution in [0.25, 0.3) is 0 Å². The maximum absolute atomic E-state index is 12.8. The monoisotopic (exact) mass is 430 g/mol. The zero-order valence-electron chi connectivity index (χ0n) is 21.4. The summed E-state index contributed by atoms with van der Waals surface area (Å²) in [6.07, 6.45) is 11.5. The van der Waals surface area contributed by atoms with Crippen molar-refractivity contribution in [1.82, 2.24) is 10.6 Å². The van der Waals surface area contributed by atoms with E-state index in [1.807, 2.05) is 0 Å². The molecule has 1 rings (SSSR count). The smallest absolute Gasteiger partial charge is 0.223 e. The molecule has 1 amide bonds. The van der Waals surface area contributed by atoms with Crippen molar-refractivity contribution in [3.8, 4) is 0 Å². The molecule has 0 aliphatic carbocycles. The van der Waals surface area contributed by atoms with Crippen molar-refractivity contribution in [3.05, 3.63) is 35.4 Å². The van der Waals surface area contributed by atoms with E-state index in [2.05, 4.69) is 76.4 Å². The quantitative estimate of drug-likeness (QED) is 0.287. The minimum atomic E-state index is 0.0740. The van der Waals surface area contributed by atoms with E-state index in [1.54, 1.807) is 0 Å². The summed E-state index contributed by atoms with van der Waals surface area (Å²) >= 11 is 0. The number of hydrogen-bond donors (Lipinski definition) is 2. The fourth-order valence-electron chi connectivity index (χ4n) is 3.98. The lowest BCUT2D eigenvalue weighted by Gasteiger charge is -2.20. The minimum Gasteiger partial charge on any atom is -0.356 e. The van der Waals surface area contributed by atoms with Crippen molar-refractivity contribution in [2.24, 2.45) is 11.8 Å². The Balaban J connectivity index is 2.44. The molecule has 0 bridgehead atoms. The van der Waals surface area contributed by atoms with Crippen LogP contribution in [0.3, 0.4) is 0 Å². The van der Waals surface area contributed by atoms with Crippen molar-refractivity contribution < 1.29 is 4.79 Å². The topological polar surface area (TPSA) is 41.1 Å². The molecular weight excluding hydrogens is 380 g/mol. The van der Waals surface area contributed by atoms with Crippen LogP contribution in [0.2, 0.25) is 0 Å². The molecule has 0 unspecified atom stereocenters. The molecule has 0 aliphatic rings. The average Bonchev–Trinajstić information content (AvgIpc) is 2.69. The Bertz CT molecular complexity index is 586. The summed E-state index contributed by atoms with van der Waals surface area (Å²) in [4.78, 5) is 12.8. The molecule has 0 fully saturated rings. The number of rotatable bonds is 16. The first kappa shape index (κ1) is 27.7. The first-order valence-electron chi connectivity index (χ1n) is 12.8. The van der Waals surface area contributed by atoms with Gasteiger partial charge in [-0.2, -0.15) is 0 Å². The molecule has 178 valence electrons. The number of unbranched alkanes of at least 4 members (excludes halogenated alkanes) is 5. The van der Waals surface area contributed by atoms with Crippen molar-refractivity contribution >= 4 is 5.91 Å². The van der Waals surface area contributed by atoms with E-state index >= 15 is 0 Å². The summed E-state index contributed by atoms with van der Waals surface area (Å²) in [6, 6.07) is 8.97. The first-order chi connectivity index (χ1) is 14.7. The predicted octanol–water partition coefficient (Wildman–Crippen LogP) is 6.69. The van der Waals surface area contributed by atoms with Crippen LogP contribution in [0.15, 0.2) is 24.3 Å². The van der Waals surface area contributed by atoms with Gasteiger partial charge in [-0.3, -0.25) is 4.79 Å². The molecule has 0 spiro atoms. The lowest BCUT2D eigenvalue weighted by atomic mass is 9.89. The Morgan fingerprint density at radius 1 is 0.871 bits per heavy atom. The van der Waals surface area contributed by atoms with Gasteiger partial charge >= 0.3 is 0 Å². The highest BCUT2D eigenvalue weighted by Gasteiger charge is 2.20. The summed E-state index contributed by atoms with van der Waals surface area (Å²) < 4.78 is 0. The highest BCUT2D eigenvalue weighted by Crippen LogP contribution is 2.19. The molecule has 3 nitrogen and oxygen atoms in total. The number of hydrogen-bond acceptors (Lipinski definition) is 2. The van der Waals surface area contributed by atoms with Crippen LogP contribution >= 0.6 is 0 Å². The lowest BCUT2D eigenvalue weighted by Crippen LogP contribution is -2.36. The SMILES string of the molecule is CCCCCCCNC(=O)[C@H](Cc1ccc(CCCCNC(C)(C)C)cc1)CC(C)C. The summed E-state index contributed by atoms with van der Waals surface area (Å²) in [6.45, 7) is 15.2. The largest absolute Gasteiger partial charge is 0.356 e. The highest BCUT2D eigenvalue weighted by molar-refractivity contribution is 5.78. The van der Waals surface area contributed by atoms with Crippen LogP contribution in [-0.2, 0) is 17.6 Å². The van der Waals surface area contributed by atoms with Gasteiger partial charge in [0.05, 0.1) is 0 Å². The second kappa shape index (κ2) is 15.5. The van der Waals surface area contributed by atoms with Gasteiger partial charge in [0.15, 0.2) is 0 Å². The third-order valence-electron chi connectivity index (χ3n) is 5.76. The van der Waals surface area contributed by atoms with Gasteiger partial charge in [0.25, 0.3) is 0 Å². The number of amides is 1. The van der Waals surface area contributed by atoms with E-state index in [0.29, 0.717) is 5.92 Å². The van der Waals surface area contributed by atoms with Crippen molar-refractivity contribution in [2.75, 3.05) is 13.1 Å². The van der Waals surface area contributed by atoms with Gasteiger partial charge < -0.3 is 10.6 Å². The number of aryl methyl sites for hydroxylation is 1. The standard InChI is InChI=1S/C28H50N2O/c1-7-8-9-10-12-19-29-27(31)26(21-23(2)3)22-25-17-15-24(16-18-25)14-11-13-20-30-28(4,5)6/h15-18,23,26,30H,7-14,19-22H2,1-6H3,(H,29,31)/t26-/m0/s1. The Morgan fingerprint density at radius 3 is 2.10 bits per heavy atom. The third kappa shape index (κ3) is 14.4. The molecule has 0 saturated heterocycles. The Labute approximate surface area is 193 Å². The van der Waals surface area contributed by atoms with Crippen LogP contribution in [-0.4, -0.2) is 24.5 Å². The van der Waals surface area contributed by atoms with Gasteiger partial charge in [0, 0.05) is 18.0 Å². The fraction of sp³-hybridized carbons (Fsp3) is 0.750. The zero-order valence-corrected chi connectivity index (χ0v) is 21.4. The van der Waals surface area contributed by atoms with Crippen molar-refractivity contribution in [1.29, 1.82) is 0 Å². The van der Waals surface area contributed by atoms with Gasteiger partial charge in [-0.05, 0) is 82.9 Å². The molecule has 1 aromatic carbocycles. The molecule has 1 aromatic rings. The molecule has 0 saturated carbocycles. The number of carbonyl (C=O) groups is 1. The molecule has 31 heavy (non-hydrogen) atoms. The third-order valence-corrected chi connectivity index (χ3v) is 5.76. The normalized spacial score (nSPS) is 12.9. The number of nitrogens with one attached hydrogen (secondary N) is 2. The van der Waals surface area contributed by atoms with Gasteiger partial charge in [0.1, 0.15) is 0 Å². The van der Waals surface area contributed by atoms with Crippen LogP contribution < -0.4 is 10.6 Å². The predicted molar refractivity (Wildman–Crippen MR) is 136 cm³/mol. The second-order valence-electron chi connectivity index (χ2n) is 10.7. The summed E-state index contributed by atoms with van der Waals surface area (Å²) in [5.41, 5.74) is 2.88. The van der Waals surface area contributed by atoms with E-state index in [-0.39, 0.29) is 17.4 Å².